The minimum absolute atomic E-state index is 0.200. The first-order chi connectivity index (χ1) is 7.18. The van der Waals surface area contributed by atoms with Crippen LogP contribution in [0.25, 0.3) is 10.9 Å². The Balaban J connectivity index is 2.35. The SMILES string of the molecule is C[C@@H](O)CCc1c[nH]c2cccc(F)c12. The van der Waals surface area contributed by atoms with Crippen molar-refractivity contribution in [3.8, 4) is 0 Å². The number of nitrogens with one attached hydrogen (secondary N) is 1. The van der Waals surface area contributed by atoms with Crippen LogP contribution >= 0.6 is 0 Å². The molecule has 2 aromatic rings. The first-order valence-corrected chi connectivity index (χ1v) is 5.11. The zero-order chi connectivity index (χ0) is 10.8. The molecule has 2 N–H and O–H groups in total. The number of rotatable bonds is 3. The van der Waals surface area contributed by atoms with Gasteiger partial charge in [0.25, 0.3) is 0 Å². The second kappa shape index (κ2) is 4.03. The van der Waals surface area contributed by atoms with Crippen LogP contribution in [0, 0.1) is 5.82 Å². The van der Waals surface area contributed by atoms with Crippen molar-refractivity contribution in [3.63, 3.8) is 0 Å². The Bertz CT molecular complexity index is 462. The molecule has 0 aliphatic rings. The number of aryl methyl sites for hydroxylation is 1. The van der Waals surface area contributed by atoms with E-state index in [0.29, 0.717) is 18.2 Å². The highest BCUT2D eigenvalue weighted by Crippen LogP contribution is 2.22. The van der Waals surface area contributed by atoms with Gasteiger partial charge in [-0.25, -0.2) is 4.39 Å². The molecule has 0 aliphatic carbocycles. The topological polar surface area (TPSA) is 36.0 Å². The van der Waals surface area contributed by atoms with Crippen LogP contribution in [0.3, 0.4) is 0 Å². The Morgan fingerprint density at radius 3 is 3.00 bits per heavy atom. The lowest BCUT2D eigenvalue weighted by atomic mass is 10.1. The summed E-state index contributed by atoms with van der Waals surface area (Å²) < 4.78 is 13.5. The molecule has 2 rings (SSSR count). The Kier molecular flexibility index (Phi) is 2.73. The van der Waals surface area contributed by atoms with Gasteiger partial charge in [0.2, 0.25) is 0 Å². The van der Waals surface area contributed by atoms with E-state index >= 15 is 0 Å². The fourth-order valence-electron chi connectivity index (χ4n) is 1.77. The van der Waals surface area contributed by atoms with Crippen LogP contribution in [0.5, 0.6) is 0 Å². The molecule has 1 heterocycles. The number of aromatic nitrogens is 1. The van der Waals surface area contributed by atoms with E-state index in [9.17, 15) is 9.50 Å². The third-order valence-electron chi connectivity index (χ3n) is 2.57. The van der Waals surface area contributed by atoms with E-state index in [0.717, 1.165) is 11.1 Å². The smallest absolute Gasteiger partial charge is 0.132 e. The van der Waals surface area contributed by atoms with Gasteiger partial charge in [-0.1, -0.05) is 6.07 Å². The number of H-pyrrole nitrogens is 1. The molecule has 1 aromatic heterocycles. The maximum Gasteiger partial charge on any atom is 0.132 e. The highest BCUT2D eigenvalue weighted by atomic mass is 19.1. The molecule has 15 heavy (non-hydrogen) atoms. The molecule has 3 heteroatoms. The fourth-order valence-corrected chi connectivity index (χ4v) is 1.77. The molecule has 0 bridgehead atoms. The van der Waals surface area contributed by atoms with E-state index in [1.54, 1.807) is 13.0 Å². The van der Waals surface area contributed by atoms with E-state index in [-0.39, 0.29) is 11.9 Å². The van der Waals surface area contributed by atoms with Gasteiger partial charge in [-0.05, 0) is 37.5 Å². The first kappa shape index (κ1) is 10.2. The molecule has 0 radical (unpaired) electrons. The lowest BCUT2D eigenvalue weighted by Gasteiger charge is -2.02. The minimum Gasteiger partial charge on any atom is -0.393 e. The predicted molar refractivity (Wildman–Crippen MR) is 58.3 cm³/mol. The second-order valence-corrected chi connectivity index (χ2v) is 3.86. The highest BCUT2D eigenvalue weighted by Gasteiger charge is 2.08. The van der Waals surface area contributed by atoms with Crippen LogP contribution in [0.4, 0.5) is 4.39 Å². The fraction of sp³-hybridized carbons (Fsp3) is 0.333. The van der Waals surface area contributed by atoms with Gasteiger partial charge < -0.3 is 10.1 Å². The quantitative estimate of drug-likeness (QED) is 0.797. The molecule has 0 amide bonds. The maximum atomic E-state index is 13.5. The predicted octanol–water partition coefficient (Wildman–Crippen LogP) is 2.62. The molecule has 1 aromatic carbocycles. The maximum absolute atomic E-state index is 13.5. The highest BCUT2D eigenvalue weighted by molar-refractivity contribution is 5.83. The van der Waals surface area contributed by atoms with Gasteiger partial charge in [-0.15, -0.1) is 0 Å². The summed E-state index contributed by atoms with van der Waals surface area (Å²) in [5.41, 5.74) is 1.75. The number of hydrogen-bond acceptors (Lipinski definition) is 1. The summed E-state index contributed by atoms with van der Waals surface area (Å²) in [4.78, 5) is 3.03. The number of halogens is 1. The molecule has 0 spiro atoms. The molecular formula is C12H14FNO. The van der Waals surface area contributed by atoms with E-state index in [1.165, 1.54) is 6.07 Å². The molecular weight excluding hydrogens is 193 g/mol. The van der Waals surface area contributed by atoms with Crippen molar-refractivity contribution in [3.05, 3.63) is 35.8 Å². The van der Waals surface area contributed by atoms with Crippen molar-refractivity contribution in [2.45, 2.75) is 25.9 Å². The molecule has 80 valence electrons. The number of aromatic amines is 1. The van der Waals surface area contributed by atoms with Gasteiger partial charge in [0, 0.05) is 17.1 Å². The van der Waals surface area contributed by atoms with Crippen LogP contribution in [0.1, 0.15) is 18.9 Å². The molecule has 0 fully saturated rings. The Morgan fingerprint density at radius 1 is 1.47 bits per heavy atom. The normalized spacial score (nSPS) is 13.3. The molecule has 0 saturated heterocycles. The number of benzene rings is 1. The largest absolute Gasteiger partial charge is 0.393 e. The van der Waals surface area contributed by atoms with Crippen LogP contribution in [-0.4, -0.2) is 16.2 Å². The van der Waals surface area contributed by atoms with Crippen LogP contribution in [0.15, 0.2) is 24.4 Å². The molecule has 2 nitrogen and oxygen atoms in total. The Labute approximate surface area is 87.7 Å². The monoisotopic (exact) mass is 207 g/mol. The van der Waals surface area contributed by atoms with Gasteiger partial charge in [0.1, 0.15) is 5.82 Å². The summed E-state index contributed by atoms with van der Waals surface area (Å²) in [5.74, 6) is -0.200. The van der Waals surface area contributed by atoms with Crippen molar-refractivity contribution in [2.75, 3.05) is 0 Å². The van der Waals surface area contributed by atoms with E-state index in [4.69, 9.17) is 0 Å². The average Bonchev–Trinajstić information content (AvgIpc) is 2.59. The van der Waals surface area contributed by atoms with Crippen molar-refractivity contribution in [1.82, 2.24) is 4.98 Å². The Morgan fingerprint density at radius 2 is 2.27 bits per heavy atom. The third kappa shape index (κ3) is 2.02. The van der Waals surface area contributed by atoms with Crippen LogP contribution in [-0.2, 0) is 6.42 Å². The van der Waals surface area contributed by atoms with Gasteiger partial charge in [-0.3, -0.25) is 0 Å². The van der Waals surface area contributed by atoms with Crippen molar-refractivity contribution < 1.29 is 9.50 Å². The number of fused-ring (bicyclic) bond motifs is 1. The number of hydrogen-bond donors (Lipinski definition) is 2. The van der Waals surface area contributed by atoms with Crippen molar-refractivity contribution in [2.24, 2.45) is 0 Å². The molecule has 0 unspecified atom stereocenters. The lowest BCUT2D eigenvalue weighted by Crippen LogP contribution is -2.01. The van der Waals surface area contributed by atoms with E-state index in [1.807, 2.05) is 12.3 Å². The number of aliphatic hydroxyl groups excluding tert-OH is 1. The van der Waals surface area contributed by atoms with Gasteiger partial charge in [-0.2, -0.15) is 0 Å². The van der Waals surface area contributed by atoms with E-state index < -0.39 is 0 Å². The van der Waals surface area contributed by atoms with Crippen molar-refractivity contribution >= 4 is 10.9 Å². The van der Waals surface area contributed by atoms with Crippen LogP contribution < -0.4 is 0 Å². The Hall–Kier alpha value is -1.35. The zero-order valence-corrected chi connectivity index (χ0v) is 8.63. The summed E-state index contributed by atoms with van der Waals surface area (Å²) in [5, 5.41) is 9.84. The summed E-state index contributed by atoms with van der Waals surface area (Å²) in [6, 6.07) is 5.00. The molecule has 0 aliphatic heterocycles. The van der Waals surface area contributed by atoms with Gasteiger partial charge in [0.15, 0.2) is 0 Å². The lowest BCUT2D eigenvalue weighted by molar-refractivity contribution is 0.185. The summed E-state index contributed by atoms with van der Waals surface area (Å²) in [6.07, 6.45) is 2.82. The van der Waals surface area contributed by atoms with Crippen molar-refractivity contribution in [1.29, 1.82) is 0 Å². The third-order valence-corrected chi connectivity index (χ3v) is 2.57. The zero-order valence-electron chi connectivity index (χ0n) is 8.63. The standard InChI is InChI=1S/C12H14FNO/c1-8(15)5-6-9-7-14-11-4-2-3-10(13)12(9)11/h2-4,7-8,14-15H,5-6H2,1H3/t8-/m1/s1. The first-order valence-electron chi connectivity index (χ1n) is 5.11. The van der Waals surface area contributed by atoms with Gasteiger partial charge >= 0.3 is 0 Å². The summed E-state index contributed by atoms with van der Waals surface area (Å²) >= 11 is 0. The second-order valence-electron chi connectivity index (χ2n) is 3.86. The van der Waals surface area contributed by atoms with Gasteiger partial charge in [0.05, 0.1) is 6.10 Å². The summed E-state index contributed by atoms with van der Waals surface area (Å²) in [7, 11) is 0. The minimum atomic E-state index is -0.346. The number of aliphatic hydroxyl groups is 1. The summed E-state index contributed by atoms with van der Waals surface area (Å²) in [6.45, 7) is 1.74. The van der Waals surface area contributed by atoms with Crippen LogP contribution in [0.2, 0.25) is 0 Å². The van der Waals surface area contributed by atoms with E-state index in [2.05, 4.69) is 4.98 Å². The molecule has 0 saturated carbocycles. The molecule has 1 atom stereocenters. The average molecular weight is 207 g/mol.